The van der Waals surface area contributed by atoms with Gasteiger partial charge in [-0.05, 0) is 109 Å². The minimum absolute atomic E-state index is 0.110. The summed E-state index contributed by atoms with van der Waals surface area (Å²) in [4.78, 5) is 26.7. The number of aliphatic hydroxyl groups is 5. The average molecular weight is 1220 g/mol. The number of amides is 1. The van der Waals surface area contributed by atoms with Crippen LogP contribution in [0.5, 0.6) is 0 Å². The van der Waals surface area contributed by atoms with Crippen molar-refractivity contribution in [1.29, 1.82) is 0 Å². The maximum atomic E-state index is 13.5. The number of nitrogens with one attached hydrogen (secondary N) is 1. The molecule has 1 saturated heterocycles. The molecule has 87 heavy (non-hydrogen) atoms. The van der Waals surface area contributed by atoms with Crippen molar-refractivity contribution >= 4 is 11.9 Å². The van der Waals surface area contributed by atoms with Gasteiger partial charge in [0.15, 0.2) is 12.4 Å². The van der Waals surface area contributed by atoms with Gasteiger partial charge < -0.3 is 45.1 Å². The van der Waals surface area contributed by atoms with Crippen LogP contribution in [0.3, 0.4) is 0 Å². The summed E-state index contributed by atoms with van der Waals surface area (Å²) in [5, 5.41) is 57.3. The Bertz CT molecular complexity index is 1830. The Morgan fingerprint density at radius 1 is 0.460 bits per heavy atom. The quantitative estimate of drug-likeness (QED) is 0.0195. The number of ether oxygens (including phenoxy) is 3. The summed E-state index contributed by atoms with van der Waals surface area (Å²) in [5.41, 5.74) is 0. The summed E-state index contributed by atoms with van der Waals surface area (Å²) >= 11 is 0. The monoisotopic (exact) mass is 1220 g/mol. The van der Waals surface area contributed by atoms with E-state index in [1.807, 2.05) is 6.08 Å². The van der Waals surface area contributed by atoms with Crippen LogP contribution in [-0.2, 0) is 23.8 Å². The predicted molar refractivity (Wildman–Crippen MR) is 365 cm³/mol. The van der Waals surface area contributed by atoms with E-state index >= 15 is 0 Å². The third-order valence-electron chi connectivity index (χ3n) is 16.2. The molecule has 500 valence electrons. The van der Waals surface area contributed by atoms with E-state index in [0.717, 1.165) is 128 Å². The summed E-state index contributed by atoms with van der Waals surface area (Å²) < 4.78 is 17.7. The van der Waals surface area contributed by atoms with Crippen LogP contribution in [0.25, 0.3) is 0 Å². The second kappa shape index (κ2) is 62.5. The minimum Gasteiger partial charge on any atom is -0.454 e. The van der Waals surface area contributed by atoms with Crippen LogP contribution in [0.2, 0.25) is 0 Å². The van der Waals surface area contributed by atoms with E-state index in [0.29, 0.717) is 12.8 Å². The molecule has 0 bridgehead atoms. The fourth-order valence-corrected chi connectivity index (χ4v) is 10.6. The van der Waals surface area contributed by atoms with Gasteiger partial charge in [-0.25, -0.2) is 0 Å². The Balaban J connectivity index is 2.61. The molecule has 11 nitrogen and oxygen atoms in total. The Labute approximate surface area is 532 Å². The van der Waals surface area contributed by atoms with Crippen molar-refractivity contribution in [2.75, 3.05) is 13.2 Å². The van der Waals surface area contributed by atoms with Crippen LogP contribution in [0.4, 0.5) is 0 Å². The van der Waals surface area contributed by atoms with Crippen LogP contribution in [0.1, 0.15) is 297 Å². The fourth-order valence-electron chi connectivity index (χ4n) is 10.6. The molecule has 0 aromatic heterocycles. The molecule has 0 spiro atoms. The van der Waals surface area contributed by atoms with Crippen molar-refractivity contribution in [3.8, 4) is 0 Å². The molecule has 0 radical (unpaired) electrons. The van der Waals surface area contributed by atoms with Gasteiger partial charge in [-0.1, -0.05) is 291 Å². The highest BCUT2D eigenvalue weighted by molar-refractivity contribution is 5.80. The molecule has 8 atom stereocenters. The maximum absolute atomic E-state index is 13.5. The smallest absolute Gasteiger partial charge is 0.306 e. The molecule has 0 aliphatic carbocycles. The Morgan fingerprint density at radius 3 is 1.26 bits per heavy atom. The number of rotatable bonds is 60. The van der Waals surface area contributed by atoms with Gasteiger partial charge in [0.2, 0.25) is 5.91 Å². The van der Waals surface area contributed by atoms with E-state index in [2.05, 4.69) is 123 Å². The highest BCUT2D eigenvalue weighted by Gasteiger charge is 2.47. The summed E-state index contributed by atoms with van der Waals surface area (Å²) in [6, 6.07) is -1.04. The molecule has 1 aliphatic rings. The van der Waals surface area contributed by atoms with Gasteiger partial charge in [0.1, 0.15) is 24.4 Å². The van der Waals surface area contributed by atoms with Crippen molar-refractivity contribution in [3.05, 3.63) is 109 Å². The molecule has 0 saturated carbocycles. The lowest BCUT2D eigenvalue weighted by Crippen LogP contribution is -2.61. The Kier molecular flexibility index (Phi) is 58.4. The normalized spacial score (nSPS) is 18.9. The Hall–Kier alpha value is -3.68. The van der Waals surface area contributed by atoms with Crippen molar-refractivity contribution in [3.63, 3.8) is 0 Å². The lowest BCUT2D eigenvalue weighted by molar-refractivity contribution is -0.305. The molecule has 0 aromatic rings. The molecule has 1 rings (SSSR count). The molecule has 0 aromatic carbocycles. The van der Waals surface area contributed by atoms with Crippen LogP contribution in [-0.4, -0.2) is 99.6 Å². The predicted octanol–water partition coefficient (Wildman–Crippen LogP) is 18.4. The zero-order valence-corrected chi connectivity index (χ0v) is 55.6. The first-order chi connectivity index (χ1) is 42.7. The summed E-state index contributed by atoms with van der Waals surface area (Å²) in [6.07, 6.45) is 75.4. The molecule has 1 heterocycles. The lowest BCUT2D eigenvalue weighted by Gasteiger charge is -2.41. The van der Waals surface area contributed by atoms with E-state index in [-0.39, 0.29) is 19.4 Å². The van der Waals surface area contributed by atoms with Crippen LogP contribution in [0.15, 0.2) is 109 Å². The third kappa shape index (κ3) is 49.7. The third-order valence-corrected chi connectivity index (χ3v) is 16.2. The molecule has 1 aliphatic heterocycles. The number of unbranched alkanes of at least 4 members (excludes halogenated alkanes) is 30. The van der Waals surface area contributed by atoms with E-state index < -0.39 is 67.4 Å². The van der Waals surface area contributed by atoms with Gasteiger partial charge in [0.25, 0.3) is 0 Å². The molecule has 1 fully saturated rings. The maximum Gasteiger partial charge on any atom is 0.306 e. The van der Waals surface area contributed by atoms with E-state index in [1.54, 1.807) is 6.08 Å². The molecule has 11 heteroatoms. The lowest BCUT2D eigenvalue weighted by atomic mass is 9.99. The fraction of sp³-hybridized carbons (Fsp3) is 0.737. The number of carbonyl (C=O) groups is 2. The summed E-state index contributed by atoms with van der Waals surface area (Å²) in [7, 11) is 0. The SMILES string of the molecule is CC/C=C\C/C=C\C/C=C\C/C=C\C/C=C\CCCCCCCCCCCC(=O)OC1C(OCC(NC(=O)C(O)CCCCCCCCC/C=C\C/C=C\C/C=C\CCCCC)C(O)/C=C/CCCCCCCCCCCCC)OC(CO)C(O)C1O. The van der Waals surface area contributed by atoms with Crippen LogP contribution < -0.4 is 5.32 Å². The Morgan fingerprint density at radius 2 is 0.828 bits per heavy atom. The van der Waals surface area contributed by atoms with E-state index in [9.17, 15) is 35.1 Å². The summed E-state index contributed by atoms with van der Waals surface area (Å²) in [5.74, 6) is -1.21. The van der Waals surface area contributed by atoms with Crippen molar-refractivity contribution in [2.45, 2.75) is 346 Å². The summed E-state index contributed by atoms with van der Waals surface area (Å²) in [6.45, 7) is 5.66. The highest BCUT2D eigenvalue weighted by atomic mass is 16.7. The number of hydrogen-bond donors (Lipinski definition) is 6. The molecule has 1 amide bonds. The standard InChI is InChI=1S/C76H131NO10/c1-4-7-10-13-16-19-22-25-27-29-31-33-34-35-36-37-39-41-43-46-49-52-55-58-61-64-71(81)87-74-73(83)72(82)70(65-78)86-76(74)85-66-67(68(79)62-59-56-53-50-47-44-24-21-18-15-12-9-6-3)77-75(84)69(80)63-60-57-54-51-48-45-42-40-38-32-30-28-26-23-20-17-14-11-8-5-2/h7,10,16-17,19-20,25-28,31-33,35-36,38,59,62,67-70,72-74,76,78-80,82-83H,4-6,8-9,11-15,18,21-24,29-30,34,37,39-58,60-61,63-66H2,1-3H3,(H,77,84)/b10-7-,19-16-,20-17-,27-25-,28-26-,33-31-,36-35-,38-32-,62-59+. The molecular formula is C76H131NO10. The average Bonchev–Trinajstić information content (AvgIpc) is 2.32. The number of aliphatic hydroxyl groups excluding tert-OH is 5. The molecule has 6 N–H and O–H groups in total. The van der Waals surface area contributed by atoms with E-state index in [4.69, 9.17) is 14.2 Å². The number of hydrogen-bond acceptors (Lipinski definition) is 10. The number of allylic oxidation sites excluding steroid dienone is 17. The van der Waals surface area contributed by atoms with Crippen LogP contribution in [0, 0.1) is 0 Å². The first-order valence-electron chi connectivity index (χ1n) is 35.7. The molecule has 8 unspecified atom stereocenters. The van der Waals surface area contributed by atoms with Gasteiger partial charge in [0.05, 0.1) is 25.4 Å². The second-order valence-electron chi connectivity index (χ2n) is 24.2. The van der Waals surface area contributed by atoms with Crippen molar-refractivity contribution in [2.24, 2.45) is 0 Å². The first kappa shape index (κ1) is 81.3. The van der Waals surface area contributed by atoms with Crippen LogP contribution >= 0.6 is 0 Å². The van der Waals surface area contributed by atoms with Gasteiger partial charge in [-0.15, -0.1) is 0 Å². The number of carbonyl (C=O) groups excluding carboxylic acids is 2. The zero-order valence-electron chi connectivity index (χ0n) is 55.6. The minimum atomic E-state index is -1.63. The first-order valence-corrected chi connectivity index (χ1v) is 35.7. The van der Waals surface area contributed by atoms with Gasteiger partial charge >= 0.3 is 5.97 Å². The largest absolute Gasteiger partial charge is 0.454 e. The van der Waals surface area contributed by atoms with Gasteiger partial charge in [0, 0.05) is 6.42 Å². The zero-order chi connectivity index (χ0) is 63.1. The molecular weight excluding hydrogens is 1090 g/mol. The second-order valence-corrected chi connectivity index (χ2v) is 24.2. The highest BCUT2D eigenvalue weighted by Crippen LogP contribution is 2.26. The van der Waals surface area contributed by atoms with Crippen molar-refractivity contribution in [1.82, 2.24) is 5.32 Å². The van der Waals surface area contributed by atoms with Gasteiger partial charge in [-0.3, -0.25) is 9.59 Å². The van der Waals surface area contributed by atoms with Gasteiger partial charge in [-0.2, -0.15) is 0 Å². The van der Waals surface area contributed by atoms with E-state index in [1.165, 1.54) is 122 Å². The number of esters is 1. The van der Waals surface area contributed by atoms with Crippen molar-refractivity contribution < 1.29 is 49.3 Å². The topological polar surface area (TPSA) is 175 Å².